The SMILES string of the molecule is C[C@@H]1CN(c2ccc(CN3S[C@@H](c4ccccc4)CC[C@@H]3C)c(F)c2)CC[C@@H]1n1cnnc1. The van der Waals surface area contributed by atoms with Crippen molar-refractivity contribution in [3.05, 3.63) is 78.1 Å². The molecule has 1 aromatic heterocycles. The Morgan fingerprint density at radius 1 is 1.00 bits per heavy atom. The van der Waals surface area contributed by atoms with Crippen molar-refractivity contribution in [3.63, 3.8) is 0 Å². The summed E-state index contributed by atoms with van der Waals surface area (Å²) in [4.78, 5) is 2.31. The molecule has 5 nitrogen and oxygen atoms in total. The maximum atomic E-state index is 15.2. The van der Waals surface area contributed by atoms with Crippen molar-refractivity contribution in [1.82, 2.24) is 19.1 Å². The Hall–Kier alpha value is -2.38. The van der Waals surface area contributed by atoms with E-state index in [1.54, 1.807) is 18.7 Å². The summed E-state index contributed by atoms with van der Waals surface area (Å²) < 4.78 is 19.7. The Kier molecular flexibility index (Phi) is 6.69. The first-order valence-corrected chi connectivity index (χ1v) is 12.8. The van der Waals surface area contributed by atoms with Gasteiger partial charge in [-0.2, -0.15) is 0 Å². The van der Waals surface area contributed by atoms with E-state index in [0.29, 0.717) is 29.8 Å². The third-order valence-electron chi connectivity index (χ3n) is 7.18. The molecule has 0 saturated carbocycles. The summed E-state index contributed by atoms with van der Waals surface area (Å²) >= 11 is 1.87. The molecule has 5 rings (SSSR count). The lowest BCUT2D eigenvalue weighted by molar-refractivity contribution is 0.296. The van der Waals surface area contributed by atoms with Gasteiger partial charge in [-0.3, -0.25) is 0 Å². The third-order valence-corrected chi connectivity index (χ3v) is 8.70. The van der Waals surface area contributed by atoms with Gasteiger partial charge >= 0.3 is 0 Å². The highest BCUT2D eigenvalue weighted by Gasteiger charge is 2.30. The molecule has 2 aliphatic heterocycles. The van der Waals surface area contributed by atoms with Crippen molar-refractivity contribution in [2.75, 3.05) is 18.0 Å². The zero-order valence-electron chi connectivity index (χ0n) is 19.3. The fourth-order valence-electron chi connectivity index (χ4n) is 5.16. The molecule has 0 spiro atoms. The minimum absolute atomic E-state index is 0.101. The highest BCUT2D eigenvalue weighted by atomic mass is 32.2. The highest BCUT2D eigenvalue weighted by molar-refractivity contribution is 7.97. The van der Waals surface area contributed by atoms with Crippen molar-refractivity contribution in [1.29, 1.82) is 0 Å². The zero-order valence-corrected chi connectivity index (χ0v) is 20.2. The first kappa shape index (κ1) is 22.4. The number of aromatic nitrogens is 3. The molecule has 4 atom stereocenters. The fraction of sp³-hybridized carbons (Fsp3) is 0.462. The molecule has 3 aromatic rings. The number of benzene rings is 2. The van der Waals surface area contributed by atoms with Gasteiger partial charge in [0.15, 0.2) is 0 Å². The van der Waals surface area contributed by atoms with E-state index in [1.807, 2.05) is 18.0 Å². The zero-order chi connectivity index (χ0) is 22.8. The van der Waals surface area contributed by atoms with Gasteiger partial charge in [0.2, 0.25) is 0 Å². The molecule has 0 N–H and O–H groups in total. The van der Waals surface area contributed by atoms with Crippen molar-refractivity contribution >= 4 is 17.6 Å². The predicted octanol–water partition coefficient (Wildman–Crippen LogP) is 5.88. The average molecular weight is 466 g/mol. The molecule has 7 heteroatoms. The van der Waals surface area contributed by atoms with Crippen LogP contribution in [0.2, 0.25) is 0 Å². The summed E-state index contributed by atoms with van der Waals surface area (Å²) in [5.74, 6) is 0.341. The highest BCUT2D eigenvalue weighted by Crippen LogP contribution is 2.43. The number of hydrogen-bond acceptors (Lipinski definition) is 5. The average Bonchev–Trinajstić information content (AvgIpc) is 3.37. The van der Waals surface area contributed by atoms with E-state index in [0.717, 1.165) is 43.6 Å². The fourth-order valence-corrected chi connectivity index (χ4v) is 6.54. The molecule has 2 saturated heterocycles. The van der Waals surface area contributed by atoms with Crippen molar-refractivity contribution < 1.29 is 4.39 Å². The van der Waals surface area contributed by atoms with Gasteiger partial charge in [-0.15, -0.1) is 10.2 Å². The summed E-state index contributed by atoms with van der Waals surface area (Å²) in [6, 6.07) is 17.3. The molecule has 0 bridgehead atoms. The van der Waals surface area contributed by atoms with Crippen LogP contribution in [0.25, 0.3) is 0 Å². The molecule has 3 heterocycles. The molecule has 0 radical (unpaired) electrons. The van der Waals surface area contributed by atoms with Crippen LogP contribution in [0.15, 0.2) is 61.2 Å². The number of nitrogens with zero attached hydrogens (tertiary/aromatic N) is 5. The Morgan fingerprint density at radius 2 is 1.79 bits per heavy atom. The van der Waals surface area contributed by atoms with Gasteiger partial charge < -0.3 is 9.47 Å². The first-order chi connectivity index (χ1) is 16.1. The van der Waals surface area contributed by atoms with Crippen LogP contribution in [0.5, 0.6) is 0 Å². The van der Waals surface area contributed by atoms with Crippen molar-refractivity contribution in [2.45, 2.75) is 57.0 Å². The van der Waals surface area contributed by atoms with Gasteiger partial charge in [-0.1, -0.05) is 55.3 Å². The van der Waals surface area contributed by atoms with E-state index in [1.165, 1.54) is 5.56 Å². The molecule has 0 unspecified atom stereocenters. The Labute approximate surface area is 200 Å². The van der Waals surface area contributed by atoms with Crippen LogP contribution in [-0.2, 0) is 6.54 Å². The lowest BCUT2D eigenvalue weighted by Gasteiger charge is -2.39. The molecule has 0 aliphatic carbocycles. The number of piperidine rings is 1. The minimum atomic E-state index is -0.101. The van der Waals surface area contributed by atoms with Gasteiger partial charge in [0.25, 0.3) is 0 Å². The number of anilines is 1. The van der Waals surface area contributed by atoms with Crippen molar-refractivity contribution in [2.24, 2.45) is 5.92 Å². The summed E-state index contributed by atoms with van der Waals surface area (Å²) in [7, 11) is 0. The quantitative estimate of drug-likeness (QED) is 0.440. The van der Waals surface area contributed by atoms with Gasteiger partial charge in [0, 0.05) is 48.2 Å². The minimum Gasteiger partial charge on any atom is -0.371 e. The van der Waals surface area contributed by atoms with E-state index in [2.05, 4.69) is 74.2 Å². The van der Waals surface area contributed by atoms with E-state index in [4.69, 9.17) is 0 Å². The lowest BCUT2D eigenvalue weighted by atomic mass is 9.93. The molecule has 174 valence electrons. The molecule has 2 aliphatic rings. The van der Waals surface area contributed by atoms with E-state index < -0.39 is 0 Å². The summed E-state index contributed by atoms with van der Waals surface area (Å²) in [6.45, 7) is 6.94. The third kappa shape index (κ3) is 4.94. The van der Waals surface area contributed by atoms with Crippen LogP contribution in [-0.4, -0.2) is 38.2 Å². The van der Waals surface area contributed by atoms with Gasteiger partial charge in [0.05, 0.1) is 0 Å². The van der Waals surface area contributed by atoms with Crippen molar-refractivity contribution in [3.8, 4) is 0 Å². The van der Waals surface area contributed by atoms with Gasteiger partial charge in [-0.25, -0.2) is 8.70 Å². The summed E-state index contributed by atoms with van der Waals surface area (Å²) in [5.41, 5.74) is 3.12. The predicted molar refractivity (Wildman–Crippen MR) is 132 cm³/mol. The Morgan fingerprint density at radius 3 is 2.52 bits per heavy atom. The molecule has 0 amide bonds. The van der Waals surface area contributed by atoms with Crippen LogP contribution in [0, 0.1) is 11.7 Å². The topological polar surface area (TPSA) is 37.2 Å². The largest absolute Gasteiger partial charge is 0.371 e. The van der Waals surface area contributed by atoms with Crippen LogP contribution in [0.1, 0.15) is 55.5 Å². The van der Waals surface area contributed by atoms with Crippen LogP contribution >= 0.6 is 11.9 Å². The van der Waals surface area contributed by atoms with Crippen LogP contribution in [0.4, 0.5) is 10.1 Å². The molecular formula is C26H32FN5S. The maximum absolute atomic E-state index is 15.2. The second-order valence-electron chi connectivity index (χ2n) is 9.47. The van der Waals surface area contributed by atoms with E-state index in [-0.39, 0.29) is 5.82 Å². The van der Waals surface area contributed by atoms with E-state index >= 15 is 4.39 Å². The number of rotatable bonds is 5. The van der Waals surface area contributed by atoms with E-state index in [9.17, 15) is 0 Å². The summed E-state index contributed by atoms with van der Waals surface area (Å²) in [6.07, 6.45) is 6.90. The second-order valence-corrected chi connectivity index (χ2v) is 10.7. The smallest absolute Gasteiger partial charge is 0.129 e. The molecule has 2 aromatic carbocycles. The van der Waals surface area contributed by atoms with Crippen LogP contribution < -0.4 is 4.90 Å². The summed E-state index contributed by atoms with van der Waals surface area (Å²) in [5, 5.41) is 8.34. The maximum Gasteiger partial charge on any atom is 0.129 e. The Bertz CT molecular complexity index is 1040. The van der Waals surface area contributed by atoms with Crippen LogP contribution in [0.3, 0.4) is 0 Å². The monoisotopic (exact) mass is 465 g/mol. The first-order valence-electron chi connectivity index (χ1n) is 11.9. The van der Waals surface area contributed by atoms with Gasteiger partial charge in [-0.05, 0) is 49.8 Å². The number of hydrogen-bond donors (Lipinski definition) is 0. The molecule has 2 fully saturated rings. The molecule has 33 heavy (non-hydrogen) atoms. The number of halogens is 1. The molecular weight excluding hydrogens is 433 g/mol. The second kappa shape index (κ2) is 9.85. The lowest BCUT2D eigenvalue weighted by Crippen LogP contribution is -2.40. The van der Waals surface area contributed by atoms with Gasteiger partial charge in [0.1, 0.15) is 18.5 Å². The standard InChI is InChI=1S/C26H32FN5S/c1-19-15-30(13-12-25(19)31-17-28-29-18-31)23-10-9-22(24(27)14-23)16-32-20(2)8-11-26(33-32)21-6-4-3-5-7-21/h3-7,9-10,14,17-20,25-26H,8,11-13,15-16H2,1-2H3/t19-,20+,25+,26-/m1/s1. The normalized spacial score (nSPS) is 26.5. The Balaban J connectivity index is 1.24.